The standard InChI is InChI=1S/C19H36N6O3S/c1-3-20-19(21-7-11-25-10-6-16-29(25,27)28)24-14-12-22(13-15-24)17(2)18(26)23-8-4-5-9-23/h17H,3-16H2,1-2H3,(H,20,21). The molecule has 3 rings (SSSR count). The van der Waals surface area contributed by atoms with E-state index in [0.717, 1.165) is 64.6 Å². The van der Waals surface area contributed by atoms with Crippen LogP contribution in [0.5, 0.6) is 0 Å². The maximum absolute atomic E-state index is 12.7. The molecule has 3 aliphatic heterocycles. The number of carbonyl (C=O) groups excluding carboxylic acids is 1. The van der Waals surface area contributed by atoms with E-state index in [1.54, 1.807) is 4.31 Å². The predicted octanol–water partition coefficient (Wildman–Crippen LogP) is -0.384. The molecule has 10 heteroatoms. The van der Waals surface area contributed by atoms with E-state index in [4.69, 9.17) is 0 Å². The van der Waals surface area contributed by atoms with E-state index in [9.17, 15) is 13.2 Å². The van der Waals surface area contributed by atoms with Crippen LogP contribution in [0.2, 0.25) is 0 Å². The van der Waals surface area contributed by atoms with Crippen LogP contribution in [0.15, 0.2) is 4.99 Å². The van der Waals surface area contributed by atoms with Gasteiger partial charge < -0.3 is 15.1 Å². The zero-order chi connectivity index (χ0) is 20.9. The Bertz CT molecular complexity index is 684. The van der Waals surface area contributed by atoms with Gasteiger partial charge in [-0.25, -0.2) is 12.7 Å². The molecule has 0 aromatic rings. The third kappa shape index (κ3) is 5.61. The number of hydrogen-bond acceptors (Lipinski definition) is 5. The molecule has 166 valence electrons. The van der Waals surface area contributed by atoms with Gasteiger partial charge in [0.1, 0.15) is 0 Å². The molecule has 1 atom stereocenters. The van der Waals surface area contributed by atoms with Crippen molar-refractivity contribution in [2.24, 2.45) is 4.99 Å². The van der Waals surface area contributed by atoms with Crippen LogP contribution in [-0.4, -0.2) is 117 Å². The number of guanidine groups is 1. The normalized spacial score (nSPS) is 24.8. The van der Waals surface area contributed by atoms with Crippen molar-refractivity contribution in [1.29, 1.82) is 0 Å². The molecule has 3 aliphatic rings. The summed E-state index contributed by atoms with van der Waals surface area (Å²) in [5, 5.41) is 3.32. The van der Waals surface area contributed by atoms with Crippen LogP contribution in [-0.2, 0) is 14.8 Å². The van der Waals surface area contributed by atoms with Crippen LogP contribution in [0.4, 0.5) is 0 Å². The van der Waals surface area contributed by atoms with E-state index in [2.05, 4.69) is 20.1 Å². The van der Waals surface area contributed by atoms with Crippen LogP contribution in [0.3, 0.4) is 0 Å². The Kier molecular flexibility index (Phi) is 7.75. The first-order valence-corrected chi connectivity index (χ1v) is 12.6. The van der Waals surface area contributed by atoms with Gasteiger partial charge in [-0.3, -0.25) is 14.7 Å². The van der Waals surface area contributed by atoms with Crippen molar-refractivity contribution in [3.8, 4) is 0 Å². The van der Waals surface area contributed by atoms with Gasteiger partial charge in [0, 0.05) is 58.9 Å². The van der Waals surface area contributed by atoms with Crippen molar-refractivity contribution in [3.05, 3.63) is 0 Å². The number of hydrogen-bond donors (Lipinski definition) is 1. The lowest BCUT2D eigenvalue weighted by atomic mass is 10.2. The molecule has 0 radical (unpaired) electrons. The topological polar surface area (TPSA) is 88.6 Å². The van der Waals surface area contributed by atoms with Crippen LogP contribution < -0.4 is 5.32 Å². The summed E-state index contributed by atoms with van der Waals surface area (Å²) in [6.07, 6.45) is 2.95. The lowest BCUT2D eigenvalue weighted by Crippen LogP contribution is -2.57. The van der Waals surface area contributed by atoms with E-state index in [1.165, 1.54) is 0 Å². The molecular weight excluding hydrogens is 392 g/mol. The summed E-state index contributed by atoms with van der Waals surface area (Å²) in [4.78, 5) is 23.8. The fourth-order valence-electron chi connectivity index (χ4n) is 4.31. The highest BCUT2D eigenvalue weighted by Gasteiger charge is 2.31. The molecule has 0 aromatic carbocycles. The highest BCUT2D eigenvalue weighted by Crippen LogP contribution is 2.15. The second-order valence-electron chi connectivity index (χ2n) is 8.04. The minimum Gasteiger partial charge on any atom is -0.357 e. The van der Waals surface area contributed by atoms with E-state index >= 15 is 0 Å². The van der Waals surface area contributed by atoms with E-state index < -0.39 is 10.0 Å². The number of rotatable bonds is 6. The van der Waals surface area contributed by atoms with Gasteiger partial charge in [-0.05, 0) is 33.1 Å². The van der Waals surface area contributed by atoms with Crippen LogP contribution in [0, 0.1) is 0 Å². The summed E-state index contributed by atoms with van der Waals surface area (Å²) < 4.78 is 25.4. The van der Waals surface area contributed by atoms with Gasteiger partial charge in [0.05, 0.1) is 18.3 Å². The fourth-order valence-corrected chi connectivity index (χ4v) is 5.83. The van der Waals surface area contributed by atoms with Crippen molar-refractivity contribution >= 4 is 21.9 Å². The van der Waals surface area contributed by atoms with E-state index in [1.807, 2.05) is 18.7 Å². The van der Waals surface area contributed by atoms with Gasteiger partial charge >= 0.3 is 0 Å². The smallest absolute Gasteiger partial charge is 0.239 e. The minimum atomic E-state index is -3.07. The van der Waals surface area contributed by atoms with Gasteiger partial charge in [-0.15, -0.1) is 0 Å². The fraction of sp³-hybridized carbons (Fsp3) is 0.895. The lowest BCUT2D eigenvalue weighted by Gasteiger charge is -2.39. The Morgan fingerprint density at radius 3 is 2.28 bits per heavy atom. The van der Waals surface area contributed by atoms with Crippen molar-refractivity contribution in [2.45, 2.75) is 39.2 Å². The number of amides is 1. The highest BCUT2D eigenvalue weighted by atomic mass is 32.2. The molecule has 1 unspecified atom stereocenters. The number of aliphatic imine (C=N–C) groups is 1. The molecule has 3 heterocycles. The average molecular weight is 429 g/mol. The minimum absolute atomic E-state index is 0.0739. The first-order chi connectivity index (χ1) is 13.9. The molecule has 0 aromatic heterocycles. The van der Waals surface area contributed by atoms with Crippen LogP contribution in [0.25, 0.3) is 0 Å². The average Bonchev–Trinajstić information content (AvgIpc) is 3.36. The maximum atomic E-state index is 12.7. The molecule has 0 saturated carbocycles. The second-order valence-corrected chi connectivity index (χ2v) is 10.1. The van der Waals surface area contributed by atoms with E-state index in [-0.39, 0.29) is 17.7 Å². The Labute approximate surface area is 175 Å². The van der Waals surface area contributed by atoms with Crippen LogP contribution in [0.1, 0.15) is 33.1 Å². The summed E-state index contributed by atoms with van der Waals surface area (Å²) in [5.41, 5.74) is 0. The highest BCUT2D eigenvalue weighted by molar-refractivity contribution is 7.89. The van der Waals surface area contributed by atoms with E-state index in [0.29, 0.717) is 26.1 Å². The van der Waals surface area contributed by atoms with Crippen molar-refractivity contribution in [1.82, 2.24) is 24.3 Å². The molecule has 3 fully saturated rings. The molecule has 0 aliphatic carbocycles. The summed E-state index contributed by atoms with van der Waals surface area (Å²) in [7, 11) is -3.07. The molecule has 0 bridgehead atoms. The van der Waals surface area contributed by atoms with Crippen molar-refractivity contribution in [2.75, 3.05) is 71.2 Å². The first-order valence-electron chi connectivity index (χ1n) is 11.0. The number of piperazine rings is 1. The summed E-state index contributed by atoms with van der Waals surface area (Å²) >= 11 is 0. The lowest BCUT2D eigenvalue weighted by molar-refractivity contribution is -0.135. The van der Waals surface area contributed by atoms with Crippen LogP contribution >= 0.6 is 0 Å². The number of likely N-dealkylation sites (tertiary alicyclic amines) is 1. The third-order valence-corrected chi connectivity index (χ3v) is 8.04. The second kappa shape index (κ2) is 10.1. The van der Waals surface area contributed by atoms with Gasteiger partial charge in [-0.1, -0.05) is 0 Å². The zero-order valence-corrected chi connectivity index (χ0v) is 18.7. The Morgan fingerprint density at radius 1 is 1.00 bits per heavy atom. The van der Waals surface area contributed by atoms with Crippen molar-refractivity contribution < 1.29 is 13.2 Å². The number of nitrogens with one attached hydrogen (secondary N) is 1. The zero-order valence-electron chi connectivity index (χ0n) is 17.8. The molecule has 3 saturated heterocycles. The molecular formula is C19H36N6O3S. The summed E-state index contributed by atoms with van der Waals surface area (Å²) in [6.45, 7) is 11.4. The number of nitrogens with zero attached hydrogens (tertiary/aromatic N) is 5. The monoisotopic (exact) mass is 428 g/mol. The van der Waals surface area contributed by atoms with Crippen molar-refractivity contribution in [3.63, 3.8) is 0 Å². The number of carbonyl (C=O) groups is 1. The van der Waals surface area contributed by atoms with Gasteiger partial charge in [-0.2, -0.15) is 0 Å². The Balaban J connectivity index is 1.50. The quantitative estimate of drug-likeness (QED) is 0.458. The third-order valence-electron chi connectivity index (χ3n) is 6.09. The SMILES string of the molecule is CCNC(=NCCN1CCCS1(=O)=O)N1CCN(C(C)C(=O)N2CCCC2)CC1. The molecule has 9 nitrogen and oxygen atoms in total. The van der Waals surface area contributed by atoms with Gasteiger partial charge in [0.15, 0.2) is 5.96 Å². The maximum Gasteiger partial charge on any atom is 0.239 e. The molecule has 1 amide bonds. The Hall–Kier alpha value is -1.39. The number of sulfonamides is 1. The molecule has 29 heavy (non-hydrogen) atoms. The molecule has 1 N–H and O–H groups in total. The predicted molar refractivity (Wildman–Crippen MR) is 114 cm³/mol. The van der Waals surface area contributed by atoms with Gasteiger partial charge in [0.2, 0.25) is 15.9 Å². The first kappa shape index (κ1) is 22.3. The largest absolute Gasteiger partial charge is 0.357 e. The summed E-state index contributed by atoms with van der Waals surface area (Å²) in [6, 6.07) is -0.0739. The summed E-state index contributed by atoms with van der Waals surface area (Å²) in [5.74, 6) is 1.35. The van der Waals surface area contributed by atoms with Gasteiger partial charge in [0.25, 0.3) is 0 Å². The molecule has 0 spiro atoms. The Morgan fingerprint density at radius 2 is 1.69 bits per heavy atom.